The van der Waals surface area contributed by atoms with Crippen molar-refractivity contribution in [1.29, 1.82) is 0 Å². The molecule has 0 spiro atoms. The standard InChI is InChI=1S/C11H20O/c12-11-8-4-2-6-9-5-1-3-7-10(9)11/h9-12H,1-8H2. The molecule has 2 aliphatic rings. The fourth-order valence-corrected chi connectivity index (χ4v) is 3.08. The van der Waals surface area contributed by atoms with Crippen LogP contribution >= 0.6 is 0 Å². The third-order valence-corrected chi connectivity index (χ3v) is 3.79. The second-order valence-corrected chi connectivity index (χ2v) is 4.56. The normalized spacial score (nSPS) is 43.2. The SMILES string of the molecule is OC1CCCCC2CCCCC12. The predicted molar refractivity (Wildman–Crippen MR) is 49.9 cm³/mol. The zero-order chi connectivity index (χ0) is 8.39. The van der Waals surface area contributed by atoms with Crippen LogP contribution in [-0.4, -0.2) is 11.2 Å². The molecule has 70 valence electrons. The van der Waals surface area contributed by atoms with Crippen molar-refractivity contribution in [2.24, 2.45) is 11.8 Å². The van der Waals surface area contributed by atoms with Crippen molar-refractivity contribution < 1.29 is 5.11 Å². The molecule has 2 rings (SSSR count). The third kappa shape index (κ3) is 1.66. The summed E-state index contributed by atoms with van der Waals surface area (Å²) in [6.07, 6.45) is 10.6. The molecule has 2 saturated carbocycles. The maximum atomic E-state index is 9.88. The molecular formula is C11H20O. The molecule has 1 heteroatoms. The zero-order valence-electron chi connectivity index (χ0n) is 7.84. The summed E-state index contributed by atoms with van der Waals surface area (Å²) in [5.74, 6) is 1.54. The van der Waals surface area contributed by atoms with Gasteiger partial charge in [0.1, 0.15) is 0 Å². The van der Waals surface area contributed by atoms with Gasteiger partial charge in [-0.15, -0.1) is 0 Å². The fraction of sp³-hybridized carbons (Fsp3) is 1.00. The van der Waals surface area contributed by atoms with Crippen LogP contribution in [0.3, 0.4) is 0 Å². The van der Waals surface area contributed by atoms with Gasteiger partial charge in [-0.1, -0.05) is 38.5 Å². The molecule has 0 radical (unpaired) electrons. The Morgan fingerprint density at radius 1 is 0.750 bits per heavy atom. The Bertz CT molecular complexity index is 144. The van der Waals surface area contributed by atoms with Crippen molar-refractivity contribution in [3.05, 3.63) is 0 Å². The second-order valence-electron chi connectivity index (χ2n) is 4.56. The molecule has 0 aromatic heterocycles. The van der Waals surface area contributed by atoms with E-state index in [1.165, 1.54) is 44.9 Å². The summed E-state index contributed by atoms with van der Waals surface area (Å²) in [5.41, 5.74) is 0. The van der Waals surface area contributed by atoms with E-state index in [9.17, 15) is 5.11 Å². The highest BCUT2D eigenvalue weighted by molar-refractivity contribution is 4.83. The maximum absolute atomic E-state index is 9.88. The van der Waals surface area contributed by atoms with E-state index >= 15 is 0 Å². The van der Waals surface area contributed by atoms with E-state index in [2.05, 4.69) is 0 Å². The van der Waals surface area contributed by atoms with Gasteiger partial charge >= 0.3 is 0 Å². The Hall–Kier alpha value is -0.0400. The lowest BCUT2D eigenvalue weighted by Gasteiger charge is -2.32. The van der Waals surface area contributed by atoms with E-state index in [0.29, 0.717) is 5.92 Å². The summed E-state index contributed by atoms with van der Waals surface area (Å²) >= 11 is 0. The summed E-state index contributed by atoms with van der Waals surface area (Å²) in [5, 5.41) is 9.88. The van der Waals surface area contributed by atoms with Gasteiger partial charge in [0.2, 0.25) is 0 Å². The summed E-state index contributed by atoms with van der Waals surface area (Å²) in [6.45, 7) is 0. The second kappa shape index (κ2) is 3.78. The molecule has 0 aliphatic heterocycles. The molecule has 0 amide bonds. The molecule has 3 unspecified atom stereocenters. The minimum Gasteiger partial charge on any atom is -0.393 e. The maximum Gasteiger partial charge on any atom is 0.0571 e. The quantitative estimate of drug-likeness (QED) is 0.589. The molecule has 0 bridgehead atoms. The first-order valence-corrected chi connectivity index (χ1v) is 5.56. The molecule has 12 heavy (non-hydrogen) atoms. The molecule has 0 heterocycles. The van der Waals surface area contributed by atoms with Crippen LogP contribution in [0.2, 0.25) is 0 Å². The molecule has 1 nitrogen and oxygen atoms in total. The molecule has 3 atom stereocenters. The smallest absolute Gasteiger partial charge is 0.0571 e. The van der Waals surface area contributed by atoms with Crippen molar-refractivity contribution in [2.45, 2.75) is 57.5 Å². The van der Waals surface area contributed by atoms with Crippen molar-refractivity contribution in [3.63, 3.8) is 0 Å². The highest BCUT2D eigenvalue weighted by Gasteiger charge is 2.31. The van der Waals surface area contributed by atoms with Gasteiger partial charge in [-0.2, -0.15) is 0 Å². The van der Waals surface area contributed by atoms with Crippen LogP contribution in [0.4, 0.5) is 0 Å². The monoisotopic (exact) mass is 168 g/mol. The third-order valence-electron chi connectivity index (χ3n) is 3.79. The van der Waals surface area contributed by atoms with E-state index in [4.69, 9.17) is 0 Å². The Labute approximate surface area is 75.2 Å². The Kier molecular flexibility index (Phi) is 2.69. The van der Waals surface area contributed by atoms with Gasteiger partial charge in [0, 0.05) is 0 Å². The largest absolute Gasteiger partial charge is 0.393 e. The highest BCUT2D eigenvalue weighted by atomic mass is 16.3. The number of aliphatic hydroxyl groups excluding tert-OH is 1. The van der Waals surface area contributed by atoms with Crippen LogP contribution < -0.4 is 0 Å². The van der Waals surface area contributed by atoms with Crippen LogP contribution in [0.5, 0.6) is 0 Å². The zero-order valence-corrected chi connectivity index (χ0v) is 7.84. The minimum absolute atomic E-state index is 0.0396. The van der Waals surface area contributed by atoms with Gasteiger partial charge in [0.25, 0.3) is 0 Å². The first-order valence-electron chi connectivity index (χ1n) is 5.56. The molecule has 1 N–H and O–H groups in total. The Balaban J connectivity index is 2.01. The highest BCUT2D eigenvalue weighted by Crippen LogP contribution is 2.39. The lowest BCUT2D eigenvalue weighted by molar-refractivity contribution is 0.0504. The van der Waals surface area contributed by atoms with E-state index in [1.54, 1.807) is 0 Å². The summed E-state index contributed by atoms with van der Waals surface area (Å²) in [6, 6.07) is 0. The van der Waals surface area contributed by atoms with Crippen molar-refractivity contribution in [1.82, 2.24) is 0 Å². The number of rotatable bonds is 0. The van der Waals surface area contributed by atoms with Gasteiger partial charge in [-0.05, 0) is 24.7 Å². The lowest BCUT2D eigenvalue weighted by atomic mass is 9.75. The summed E-state index contributed by atoms with van der Waals surface area (Å²) in [7, 11) is 0. The lowest BCUT2D eigenvalue weighted by Crippen LogP contribution is -2.28. The number of hydrogen-bond donors (Lipinski definition) is 1. The molecule has 2 aliphatic carbocycles. The van der Waals surface area contributed by atoms with Crippen LogP contribution in [-0.2, 0) is 0 Å². The van der Waals surface area contributed by atoms with Crippen LogP contribution in [0.15, 0.2) is 0 Å². The van der Waals surface area contributed by atoms with Crippen LogP contribution in [0, 0.1) is 11.8 Å². The first kappa shape index (κ1) is 8.55. The van der Waals surface area contributed by atoms with Gasteiger partial charge < -0.3 is 5.11 Å². The summed E-state index contributed by atoms with van der Waals surface area (Å²) in [4.78, 5) is 0. The number of aliphatic hydroxyl groups is 1. The average Bonchev–Trinajstić information content (AvgIpc) is 2.29. The van der Waals surface area contributed by atoms with Crippen LogP contribution in [0.25, 0.3) is 0 Å². The van der Waals surface area contributed by atoms with Gasteiger partial charge in [0.05, 0.1) is 6.10 Å². The van der Waals surface area contributed by atoms with E-state index < -0.39 is 0 Å². The molecule has 0 aromatic rings. The summed E-state index contributed by atoms with van der Waals surface area (Å²) < 4.78 is 0. The van der Waals surface area contributed by atoms with Crippen LogP contribution in [0.1, 0.15) is 51.4 Å². The topological polar surface area (TPSA) is 20.2 Å². The number of hydrogen-bond acceptors (Lipinski definition) is 1. The van der Waals surface area contributed by atoms with E-state index in [0.717, 1.165) is 12.3 Å². The molecule has 2 fully saturated rings. The molecule has 0 saturated heterocycles. The Morgan fingerprint density at radius 2 is 1.33 bits per heavy atom. The average molecular weight is 168 g/mol. The van der Waals surface area contributed by atoms with Gasteiger partial charge in [-0.25, -0.2) is 0 Å². The van der Waals surface area contributed by atoms with Gasteiger partial charge in [-0.3, -0.25) is 0 Å². The van der Waals surface area contributed by atoms with Crippen molar-refractivity contribution in [3.8, 4) is 0 Å². The number of fused-ring (bicyclic) bond motifs is 1. The fourth-order valence-electron chi connectivity index (χ4n) is 3.08. The van der Waals surface area contributed by atoms with E-state index in [1.807, 2.05) is 0 Å². The van der Waals surface area contributed by atoms with Crippen molar-refractivity contribution in [2.75, 3.05) is 0 Å². The molecule has 0 aromatic carbocycles. The minimum atomic E-state index is 0.0396. The molecular weight excluding hydrogens is 148 g/mol. The van der Waals surface area contributed by atoms with Crippen molar-refractivity contribution >= 4 is 0 Å². The Morgan fingerprint density at radius 3 is 2.08 bits per heavy atom. The van der Waals surface area contributed by atoms with Gasteiger partial charge in [0.15, 0.2) is 0 Å². The first-order chi connectivity index (χ1) is 5.88. The predicted octanol–water partition coefficient (Wildman–Crippen LogP) is 2.73. The van der Waals surface area contributed by atoms with E-state index in [-0.39, 0.29) is 6.10 Å².